The molecule has 36 valence electrons. The van der Waals surface area contributed by atoms with Crippen molar-refractivity contribution in [3.8, 4) is 0 Å². The molecule has 0 bridgehead atoms. The Morgan fingerprint density at radius 2 is 2.14 bits per heavy atom. The number of carboxylic acids is 1. The number of hydrogen-bond donors (Lipinski definition) is 0. The number of hydrogen-bond acceptors (Lipinski definition) is 2. The van der Waals surface area contributed by atoms with Crippen LogP contribution < -0.4 is 56.5 Å². The second kappa shape index (κ2) is 7.84. The van der Waals surface area contributed by atoms with Crippen molar-refractivity contribution in [1.29, 1.82) is 0 Å². The molecule has 0 aromatic heterocycles. The van der Waals surface area contributed by atoms with Crippen LogP contribution in [0.3, 0.4) is 0 Å². The van der Waals surface area contributed by atoms with Gasteiger partial charge < -0.3 is 9.90 Å². The summed E-state index contributed by atoms with van der Waals surface area (Å²) in [6.45, 7) is 0. The van der Waals surface area contributed by atoms with E-state index in [-0.39, 0.29) is 57.8 Å². The molecule has 0 N–H and O–H groups in total. The Morgan fingerprint density at radius 1 is 1.71 bits per heavy atom. The van der Waals surface area contributed by atoms with Gasteiger partial charge in [-0.25, -0.2) is 0 Å². The fourth-order valence-electron chi connectivity index (χ4n) is 0.0772. The van der Waals surface area contributed by atoms with Crippen molar-refractivity contribution in [2.75, 3.05) is 4.43 Å². The maximum Gasteiger partial charge on any atom is 1.00 e. The van der Waals surface area contributed by atoms with Gasteiger partial charge in [-0.2, -0.15) is 0 Å². The Morgan fingerprint density at radius 3 is 2.14 bits per heavy atom. The summed E-state index contributed by atoms with van der Waals surface area (Å²) in [5.74, 6) is -0.968. The van der Waals surface area contributed by atoms with Gasteiger partial charge in [0.15, 0.2) is 0 Å². The van der Waals surface area contributed by atoms with E-state index >= 15 is 0 Å². The monoisotopic (exact) mass is 238 g/mol. The molecule has 0 aromatic rings. The van der Waals surface area contributed by atoms with Crippen LogP contribution in [0.1, 0.15) is 6.42 Å². The van der Waals surface area contributed by atoms with Gasteiger partial charge in [0.25, 0.3) is 0 Å². The van der Waals surface area contributed by atoms with Gasteiger partial charge in [-0.15, -0.1) is 0 Å². The van der Waals surface area contributed by atoms with E-state index in [1.54, 1.807) is 0 Å². The molecule has 0 aliphatic rings. The van der Waals surface area contributed by atoms with Crippen LogP contribution in [-0.4, -0.2) is 10.4 Å². The van der Waals surface area contributed by atoms with Gasteiger partial charge in [0.1, 0.15) is 0 Å². The van der Waals surface area contributed by atoms with Crippen LogP contribution in [0.4, 0.5) is 0 Å². The van der Waals surface area contributed by atoms with Crippen molar-refractivity contribution in [2.45, 2.75) is 6.42 Å². The summed E-state index contributed by atoms with van der Waals surface area (Å²) in [6, 6.07) is 0. The summed E-state index contributed by atoms with van der Waals surface area (Å²) in [7, 11) is 0. The number of carboxylic acid groups (broad SMARTS) is 1. The molecule has 0 spiro atoms. The van der Waals surface area contributed by atoms with Crippen LogP contribution in [0, 0.1) is 0 Å². The second-order valence-corrected chi connectivity index (χ2v) is 1.89. The first kappa shape index (κ1) is 11.6. The van der Waals surface area contributed by atoms with Gasteiger partial charge >= 0.3 is 51.4 Å². The van der Waals surface area contributed by atoms with E-state index in [1.165, 1.54) is 0 Å². The molecule has 0 amide bonds. The van der Waals surface area contributed by atoms with Gasteiger partial charge in [-0.3, -0.25) is 0 Å². The smallest absolute Gasteiger partial charge is 0.550 e. The van der Waals surface area contributed by atoms with E-state index < -0.39 is 5.97 Å². The molecule has 0 fully saturated rings. The summed E-state index contributed by atoms with van der Waals surface area (Å²) >= 11 is 1.98. The van der Waals surface area contributed by atoms with Crippen molar-refractivity contribution in [2.24, 2.45) is 0 Å². The van der Waals surface area contributed by atoms with E-state index in [9.17, 15) is 9.90 Å². The molecule has 2 nitrogen and oxygen atoms in total. The average molecular weight is 238 g/mol. The number of halogens is 1. The third-order valence-corrected chi connectivity index (χ3v) is 0.838. The molecule has 0 atom stereocenters. The summed E-state index contributed by atoms with van der Waals surface area (Å²) in [6.07, 6.45) is 0.167. The van der Waals surface area contributed by atoms with Gasteiger partial charge in [0.2, 0.25) is 0 Å². The minimum absolute atomic E-state index is 0. The second-order valence-electron chi connectivity index (χ2n) is 0.811. The van der Waals surface area contributed by atoms with Crippen molar-refractivity contribution in [1.82, 2.24) is 0 Å². The Labute approximate surface area is 98.6 Å². The fraction of sp³-hybridized carbons (Fsp3) is 0.667. The van der Waals surface area contributed by atoms with Crippen LogP contribution >= 0.6 is 22.6 Å². The third-order valence-electron chi connectivity index (χ3n) is 0.299. The zero-order chi connectivity index (χ0) is 4.99. The van der Waals surface area contributed by atoms with Crippen molar-refractivity contribution >= 4 is 28.6 Å². The van der Waals surface area contributed by atoms with Crippen molar-refractivity contribution in [3.05, 3.63) is 0 Å². The van der Waals surface area contributed by atoms with Crippen molar-refractivity contribution in [3.63, 3.8) is 0 Å². The SMILES string of the molecule is O=C([O-])CCI.[K+]. The molecule has 0 radical (unpaired) electrons. The number of rotatable bonds is 2. The molecule has 0 aromatic carbocycles. The first-order valence-electron chi connectivity index (χ1n) is 1.53. The molecular formula is C3H4IKO2. The zero-order valence-electron chi connectivity index (χ0n) is 4.11. The minimum atomic E-state index is -0.968. The molecule has 0 saturated carbocycles. The molecule has 4 heteroatoms. The molecule has 0 heterocycles. The number of alkyl halides is 1. The fourth-order valence-corrected chi connectivity index (χ4v) is 0.518. The Kier molecular flexibility index (Phi) is 13.0. The summed E-state index contributed by atoms with van der Waals surface area (Å²) < 4.78 is 0.639. The van der Waals surface area contributed by atoms with Crippen LogP contribution in [-0.2, 0) is 4.79 Å². The Bertz CT molecular complexity index is 56.9. The largest absolute Gasteiger partial charge is 1.00 e. The summed E-state index contributed by atoms with van der Waals surface area (Å²) in [5.41, 5.74) is 0. The maximum absolute atomic E-state index is 9.48. The van der Waals surface area contributed by atoms with E-state index in [0.29, 0.717) is 4.43 Å². The number of carbonyl (C=O) groups is 1. The topological polar surface area (TPSA) is 40.1 Å². The first-order valence-corrected chi connectivity index (χ1v) is 3.05. The zero-order valence-corrected chi connectivity index (χ0v) is 9.39. The van der Waals surface area contributed by atoms with E-state index in [1.807, 2.05) is 22.6 Å². The molecule has 0 aliphatic carbocycles. The minimum Gasteiger partial charge on any atom is -0.550 e. The van der Waals surface area contributed by atoms with Crippen molar-refractivity contribution < 1.29 is 61.3 Å². The molecule has 7 heavy (non-hydrogen) atoms. The van der Waals surface area contributed by atoms with E-state index in [0.717, 1.165) is 0 Å². The molecule has 0 rings (SSSR count). The number of aliphatic carboxylic acids is 1. The van der Waals surface area contributed by atoms with Gasteiger partial charge in [0.05, 0.1) is 0 Å². The normalized spacial score (nSPS) is 7.00. The Hall–Kier alpha value is 1.84. The summed E-state index contributed by atoms with van der Waals surface area (Å²) in [5, 5.41) is 9.48. The van der Waals surface area contributed by atoms with Crippen LogP contribution in [0.25, 0.3) is 0 Å². The van der Waals surface area contributed by atoms with Crippen LogP contribution in [0.5, 0.6) is 0 Å². The number of carbonyl (C=O) groups excluding carboxylic acids is 1. The van der Waals surface area contributed by atoms with Crippen LogP contribution in [0.15, 0.2) is 0 Å². The van der Waals surface area contributed by atoms with E-state index in [2.05, 4.69) is 0 Å². The first-order chi connectivity index (χ1) is 2.77. The predicted molar refractivity (Wildman–Crippen MR) is 28.5 cm³/mol. The van der Waals surface area contributed by atoms with Gasteiger partial charge in [-0.1, -0.05) is 22.6 Å². The molecular weight excluding hydrogens is 234 g/mol. The van der Waals surface area contributed by atoms with E-state index in [4.69, 9.17) is 0 Å². The predicted octanol–water partition coefficient (Wildman–Crippen LogP) is -3.43. The van der Waals surface area contributed by atoms with Gasteiger partial charge in [0, 0.05) is 10.4 Å². The maximum atomic E-state index is 9.48. The Balaban J connectivity index is 0. The molecule has 0 saturated heterocycles. The van der Waals surface area contributed by atoms with Crippen LogP contribution in [0.2, 0.25) is 0 Å². The van der Waals surface area contributed by atoms with Gasteiger partial charge in [-0.05, 0) is 6.42 Å². The average Bonchev–Trinajstić information content (AvgIpc) is 1.35. The molecule has 0 unspecified atom stereocenters. The third kappa shape index (κ3) is 11.4. The quantitative estimate of drug-likeness (QED) is 0.285. The summed E-state index contributed by atoms with van der Waals surface area (Å²) in [4.78, 5) is 9.48. The molecule has 0 aliphatic heterocycles. The standard InChI is InChI=1S/C3H5IO2.K/c4-2-1-3(5)6;/h1-2H2,(H,5,6);/q;+1/p-1.